The maximum atomic E-state index is 13.4. The van der Waals surface area contributed by atoms with Gasteiger partial charge in [0.05, 0.1) is 22.3 Å². The molecule has 4 aromatic rings. The summed E-state index contributed by atoms with van der Waals surface area (Å²) in [5.74, 6) is 0.0417. The Bertz CT molecular complexity index is 1380. The van der Waals surface area contributed by atoms with E-state index in [4.69, 9.17) is 4.98 Å². The smallest absolute Gasteiger partial charge is 0.266 e. The number of aryl methyl sites for hydroxylation is 3. The van der Waals surface area contributed by atoms with Gasteiger partial charge in [-0.25, -0.2) is 4.98 Å². The fraction of sp³-hybridized carbons (Fsp3) is 0.192. The van der Waals surface area contributed by atoms with Crippen LogP contribution in [0.2, 0.25) is 0 Å². The SMILES string of the molecule is Cc1cccc2c(=O)n(-c3ccccc3)c(SCC(=O)Nc3ccc4c(c3)CCC4)nc12. The first kappa shape index (κ1) is 20.5. The number of nitrogens with one attached hydrogen (secondary N) is 1. The number of hydrogen-bond acceptors (Lipinski definition) is 4. The van der Waals surface area contributed by atoms with Crippen LogP contribution in [0.25, 0.3) is 16.6 Å². The average Bonchev–Trinajstić information content (AvgIpc) is 3.27. The second-order valence-electron chi connectivity index (χ2n) is 8.02. The highest BCUT2D eigenvalue weighted by Crippen LogP contribution is 2.26. The van der Waals surface area contributed by atoms with Crippen molar-refractivity contribution in [3.63, 3.8) is 0 Å². The summed E-state index contributed by atoms with van der Waals surface area (Å²) >= 11 is 1.27. The number of fused-ring (bicyclic) bond motifs is 2. The number of rotatable bonds is 5. The average molecular weight is 442 g/mol. The Morgan fingerprint density at radius 3 is 2.69 bits per heavy atom. The molecule has 160 valence electrons. The van der Waals surface area contributed by atoms with Gasteiger partial charge in [-0.3, -0.25) is 14.2 Å². The van der Waals surface area contributed by atoms with Crippen molar-refractivity contribution < 1.29 is 4.79 Å². The summed E-state index contributed by atoms with van der Waals surface area (Å²) in [7, 11) is 0. The van der Waals surface area contributed by atoms with Gasteiger partial charge in [0.15, 0.2) is 5.16 Å². The molecule has 1 heterocycles. The lowest BCUT2D eigenvalue weighted by Gasteiger charge is -2.14. The normalized spacial score (nSPS) is 12.7. The van der Waals surface area contributed by atoms with E-state index in [2.05, 4.69) is 17.4 Å². The van der Waals surface area contributed by atoms with Gasteiger partial charge >= 0.3 is 0 Å². The molecule has 5 nitrogen and oxygen atoms in total. The molecule has 1 amide bonds. The van der Waals surface area contributed by atoms with Crippen LogP contribution in [-0.4, -0.2) is 21.2 Å². The number of amides is 1. The summed E-state index contributed by atoms with van der Waals surface area (Å²) in [6.45, 7) is 1.94. The van der Waals surface area contributed by atoms with Crippen LogP contribution in [0, 0.1) is 6.92 Å². The van der Waals surface area contributed by atoms with Gasteiger partial charge in [-0.15, -0.1) is 0 Å². The lowest BCUT2D eigenvalue weighted by Crippen LogP contribution is -2.23. The topological polar surface area (TPSA) is 64.0 Å². The van der Waals surface area contributed by atoms with Crippen molar-refractivity contribution in [1.82, 2.24) is 9.55 Å². The van der Waals surface area contributed by atoms with Crippen molar-refractivity contribution in [3.8, 4) is 5.69 Å². The van der Waals surface area contributed by atoms with Crippen LogP contribution in [0.5, 0.6) is 0 Å². The number of thioether (sulfide) groups is 1. The molecule has 1 aromatic heterocycles. The van der Waals surface area contributed by atoms with Crippen LogP contribution in [0.15, 0.2) is 76.7 Å². The molecule has 0 atom stereocenters. The predicted octanol–water partition coefficient (Wildman–Crippen LogP) is 4.91. The van der Waals surface area contributed by atoms with Crippen molar-refractivity contribution in [3.05, 3.63) is 93.8 Å². The number of carbonyl (C=O) groups is 1. The summed E-state index contributed by atoms with van der Waals surface area (Å²) in [5.41, 5.74) is 5.72. The molecular weight excluding hydrogens is 418 g/mol. The number of anilines is 1. The van der Waals surface area contributed by atoms with Crippen LogP contribution in [0.3, 0.4) is 0 Å². The second kappa shape index (κ2) is 8.63. The quantitative estimate of drug-likeness (QED) is 0.353. The number of hydrogen-bond donors (Lipinski definition) is 1. The van der Waals surface area contributed by atoms with Gasteiger partial charge in [0.1, 0.15) is 0 Å². The van der Waals surface area contributed by atoms with E-state index < -0.39 is 0 Å². The number of aromatic nitrogens is 2. The molecule has 0 saturated heterocycles. The summed E-state index contributed by atoms with van der Waals surface area (Å²) in [6.07, 6.45) is 3.35. The third kappa shape index (κ3) is 3.94. The van der Waals surface area contributed by atoms with E-state index in [1.165, 1.54) is 29.3 Å². The summed E-state index contributed by atoms with van der Waals surface area (Å²) < 4.78 is 1.59. The molecule has 1 aliphatic carbocycles. The fourth-order valence-corrected chi connectivity index (χ4v) is 5.02. The van der Waals surface area contributed by atoms with Crippen LogP contribution >= 0.6 is 11.8 Å². The molecule has 32 heavy (non-hydrogen) atoms. The molecule has 0 spiro atoms. The Kier molecular flexibility index (Phi) is 5.53. The first-order valence-corrected chi connectivity index (χ1v) is 11.7. The van der Waals surface area contributed by atoms with Gasteiger partial charge < -0.3 is 5.32 Å². The third-order valence-corrected chi connectivity index (χ3v) is 6.74. The van der Waals surface area contributed by atoms with Gasteiger partial charge in [0.2, 0.25) is 5.91 Å². The van der Waals surface area contributed by atoms with E-state index in [1.807, 2.05) is 55.5 Å². The minimum Gasteiger partial charge on any atom is -0.325 e. The zero-order valence-electron chi connectivity index (χ0n) is 17.8. The van der Waals surface area contributed by atoms with E-state index in [1.54, 1.807) is 10.6 Å². The zero-order valence-corrected chi connectivity index (χ0v) is 18.6. The first-order valence-electron chi connectivity index (χ1n) is 10.7. The van der Waals surface area contributed by atoms with E-state index in [-0.39, 0.29) is 17.2 Å². The van der Waals surface area contributed by atoms with Gasteiger partial charge in [-0.2, -0.15) is 0 Å². The molecule has 0 bridgehead atoms. The molecule has 1 N–H and O–H groups in total. The first-order chi connectivity index (χ1) is 15.6. The molecule has 3 aromatic carbocycles. The van der Waals surface area contributed by atoms with Crippen molar-refractivity contribution in [2.75, 3.05) is 11.1 Å². The molecule has 6 heteroatoms. The molecule has 0 saturated carbocycles. The minimum atomic E-state index is -0.133. The van der Waals surface area contributed by atoms with Crippen LogP contribution < -0.4 is 10.9 Å². The van der Waals surface area contributed by atoms with E-state index in [0.717, 1.165) is 29.8 Å². The summed E-state index contributed by atoms with van der Waals surface area (Å²) in [6, 6.07) is 21.2. The van der Waals surface area contributed by atoms with Crippen LogP contribution in [0.1, 0.15) is 23.1 Å². The molecule has 0 fully saturated rings. The number of nitrogens with zero attached hydrogens (tertiary/aromatic N) is 2. The molecular formula is C26H23N3O2S. The molecule has 0 aliphatic heterocycles. The van der Waals surface area contributed by atoms with Crippen LogP contribution in [0.4, 0.5) is 5.69 Å². The highest BCUT2D eigenvalue weighted by Gasteiger charge is 2.16. The van der Waals surface area contributed by atoms with Gasteiger partial charge in [0.25, 0.3) is 5.56 Å². The largest absolute Gasteiger partial charge is 0.325 e. The Morgan fingerprint density at radius 2 is 1.84 bits per heavy atom. The predicted molar refractivity (Wildman–Crippen MR) is 130 cm³/mol. The molecule has 0 unspecified atom stereocenters. The van der Waals surface area contributed by atoms with Crippen molar-refractivity contribution in [2.24, 2.45) is 0 Å². The molecule has 0 radical (unpaired) electrons. The summed E-state index contributed by atoms with van der Waals surface area (Å²) in [4.78, 5) is 30.8. The lowest BCUT2D eigenvalue weighted by atomic mass is 10.1. The molecule has 1 aliphatic rings. The number of carbonyl (C=O) groups excluding carboxylic acids is 1. The standard InChI is InChI=1S/C26H23N3O2S/c1-17-7-5-12-22-24(17)28-26(29(25(22)31)21-10-3-2-4-11-21)32-16-23(30)27-20-14-13-18-8-6-9-19(18)15-20/h2-5,7,10-15H,6,8-9,16H2,1H3,(H,27,30). The van der Waals surface area contributed by atoms with E-state index in [9.17, 15) is 9.59 Å². The Labute approximate surface area is 190 Å². The fourth-order valence-electron chi connectivity index (χ4n) is 4.21. The van der Waals surface area contributed by atoms with Crippen molar-refractivity contribution >= 4 is 34.3 Å². The number of para-hydroxylation sites is 2. The Morgan fingerprint density at radius 1 is 1.03 bits per heavy atom. The highest BCUT2D eigenvalue weighted by atomic mass is 32.2. The van der Waals surface area contributed by atoms with Gasteiger partial charge in [0, 0.05) is 5.69 Å². The minimum absolute atomic E-state index is 0.119. The Balaban J connectivity index is 1.44. The highest BCUT2D eigenvalue weighted by molar-refractivity contribution is 7.99. The monoisotopic (exact) mass is 441 g/mol. The van der Waals surface area contributed by atoms with Crippen molar-refractivity contribution in [2.45, 2.75) is 31.3 Å². The Hall–Kier alpha value is -3.38. The maximum absolute atomic E-state index is 13.4. The second-order valence-corrected chi connectivity index (χ2v) is 8.96. The summed E-state index contributed by atoms with van der Waals surface area (Å²) in [5, 5.41) is 4.07. The van der Waals surface area contributed by atoms with E-state index in [0.29, 0.717) is 16.1 Å². The van der Waals surface area contributed by atoms with E-state index >= 15 is 0 Å². The molecule has 5 rings (SSSR count). The van der Waals surface area contributed by atoms with Gasteiger partial charge in [-0.1, -0.05) is 48.2 Å². The van der Waals surface area contributed by atoms with Crippen LogP contribution in [-0.2, 0) is 17.6 Å². The van der Waals surface area contributed by atoms with Gasteiger partial charge in [-0.05, 0) is 73.2 Å². The maximum Gasteiger partial charge on any atom is 0.266 e. The third-order valence-electron chi connectivity index (χ3n) is 5.80. The zero-order chi connectivity index (χ0) is 22.1. The number of benzene rings is 3. The van der Waals surface area contributed by atoms with Crippen molar-refractivity contribution in [1.29, 1.82) is 0 Å². The lowest BCUT2D eigenvalue weighted by molar-refractivity contribution is -0.113.